The molecule has 0 rings (SSSR count). The normalized spacial score (nSPS) is 16.0. The molecule has 0 aromatic heterocycles. The van der Waals surface area contributed by atoms with Crippen molar-refractivity contribution in [2.45, 2.75) is 64.6 Å². The molecule has 2 heteroatoms. The fourth-order valence-electron chi connectivity index (χ4n) is 1.86. The van der Waals surface area contributed by atoms with Gasteiger partial charge in [0, 0.05) is 0 Å². The van der Waals surface area contributed by atoms with Gasteiger partial charge in [-0.05, 0) is 32.1 Å². The lowest BCUT2D eigenvalue weighted by molar-refractivity contribution is 0.226. The number of hydrogen-bond donors (Lipinski definition) is 2. The summed E-state index contributed by atoms with van der Waals surface area (Å²) in [6.07, 6.45) is 28.1. The molecule has 0 saturated carbocycles. The van der Waals surface area contributed by atoms with E-state index in [1.54, 1.807) is 12.2 Å². The van der Waals surface area contributed by atoms with Crippen LogP contribution in [0, 0.1) is 0 Å². The van der Waals surface area contributed by atoms with Gasteiger partial charge in [0.15, 0.2) is 0 Å². The molecule has 0 aromatic rings. The van der Waals surface area contributed by atoms with Gasteiger partial charge in [-0.1, -0.05) is 93.2 Å². The summed E-state index contributed by atoms with van der Waals surface area (Å²) in [4.78, 5) is 0. The molecule has 2 atom stereocenters. The van der Waals surface area contributed by atoms with Gasteiger partial charge in [-0.15, -0.1) is 0 Å². The second-order valence-corrected chi connectivity index (χ2v) is 5.61. The van der Waals surface area contributed by atoms with E-state index in [-0.39, 0.29) is 0 Å². The van der Waals surface area contributed by atoms with Crippen molar-refractivity contribution in [2.24, 2.45) is 0 Å². The summed E-state index contributed by atoms with van der Waals surface area (Å²) in [6, 6.07) is 0. The Labute approximate surface area is 148 Å². The summed E-state index contributed by atoms with van der Waals surface area (Å²) in [5, 5.41) is 19.4. The Kier molecular flexibility index (Phi) is 16.5. The topological polar surface area (TPSA) is 40.5 Å². The molecule has 0 amide bonds. The summed E-state index contributed by atoms with van der Waals surface area (Å²) in [6.45, 7) is 4.22. The smallest absolute Gasteiger partial charge is 0.0758 e. The van der Waals surface area contributed by atoms with Crippen LogP contribution in [0.1, 0.15) is 52.4 Å². The molecule has 0 fully saturated rings. The van der Waals surface area contributed by atoms with Gasteiger partial charge in [-0.3, -0.25) is 0 Å². The van der Waals surface area contributed by atoms with Crippen LogP contribution < -0.4 is 0 Å². The molecule has 0 saturated heterocycles. The lowest BCUT2D eigenvalue weighted by Gasteiger charge is -1.98. The lowest BCUT2D eigenvalue weighted by atomic mass is 10.2. The first kappa shape index (κ1) is 22.4. The highest BCUT2D eigenvalue weighted by atomic mass is 16.3. The van der Waals surface area contributed by atoms with Crippen LogP contribution in [0.2, 0.25) is 0 Å². The third-order valence-corrected chi connectivity index (χ3v) is 3.21. The predicted molar refractivity (Wildman–Crippen MR) is 106 cm³/mol. The maximum atomic E-state index is 9.73. The maximum absolute atomic E-state index is 9.73. The number of aliphatic hydroxyl groups is 2. The third kappa shape index (κ3) is 16.7. The highest BCUT2D eigenvalue weighted by Crippen LogP contribution is 1.99. The Bertz CT molecular complexity index is 439. The number of rotatable bonds is 13. The molecular formula is C22H34O2. The number of unbranched alkanes of at least 4 members (excludes halogenated alkanes) is 1. The molecule has 24 heavy (non-hydrogen) atoms. The predicted octanol–water partition coefficient (Wildman–Crippen LogP) is 5.43. The summed E-state index contributed by atoms with van der Waals surface area (Å²) in [5.41, 5.74) is 0. The van der Waals surface area contributed by atoms with E-state index >= 15 is 0 Å². The van der Waals surface area contributed by atoms with Gasteiger partial charge in [0.05, 0.1) is 12.2 Å². The summed E-state index contributed by atoms with van der Waals surface area (Å²) in [5.74, 6) is 0. The van der Waals surface area contributed by atoms with Crippen molar-refractivity contribution >= 4 is 0 Å². The van der Waals surface area contributed by atoms with Crippen LogP contribution in [0.5, 0.6) is 0 Å². The molecule has 0 bridgehead atoms. The maximum Gasteiger partial charge on any atom is 0.0758 e. The molecule has 0 aliphatic heterocycles. The van der Waals surface area contributed by atoms with E-state index < -0.39 is 12.2 Å². The van der Waals surface area contributed by atoms with Crippen molar-refractivity contribution < 1.29 is 10.2 Å². The molecule has 0 radical (unpaired) electrons. The Balaban J connectivity index is 3.83. The quantitative estimate of drug-likeness (QED) is 0.349. The van der Waals surface area contributed by atoms with E-state index in [1.807, 2.05) is 48.6 Å². The first-order chi connectivity index (χ1) is 11.7. The molecular weight excluding hydrogens is 296 g/mol. The Morgan fingerprint density at radius 3 is 1.71 bits per heavy atom. The fraction of sp³-hybridized carbons (Fsp3) is 0.455. The second-order valence-electron chi connectivity index (χ2n) is 5.61. The zero-order valence-corrected chi connectivity index (χ0v) is 15.2. The summed E-state index contributed by atoms with van der Waals surface area (Å²) < 4.78 is 0. The molecule has 0 spiro atoms. The average molecular weight is 331 g/mol. The van der Waals surface area contributed by atoms with Crippen LogP contribution in [0.3, 0.4) is 0 Å². The van der Waals surface area contributed by atoms with E-state index in [0.29, 0.717) is 12.8 Å². The van der Waals surface area contributed by atoms with Crippen LogP contribution in [0.15, 0.2) is 72.9 Å². The van der Waals surface area contributed by atoms with Gasteiger partial charge in [0.2, 0.25) is 0 Å². The Morgan fingerprint density at radius 1 is 0.667 bits per heavy atom. The molecule has 2 nitrogen and oxygen atoms in total. The first-order valence-electron chi connectivity index (χ1n) is 9.03. The van der Waals surface area contributed by atoms with Gasteiger partial charge >= 0.3 is 0 Å². The standard InChI is InChI=1S/C22H34O2/c1-3-5-7-14-18-22(24)20-16-12-10-8-9-11-15-19-21(23)17-13-6-4-2/h6-7,9-16,19-24H,3-5,8,17-18H2,1-2H3/b11-9-,12-10-,13-6-,14-7-,19-15+,20-16+/t21-,22-/m0/s1. The largest absolute Gasteiger partial charge is 0.389 e. The minimum absolute atomic E-state index is 0.413. The zero-order chi connectivity index (χ0) is 17.9. The van der Waals surface area contributed by atoms with E-state index in [9.17, 15) is 10.2 Å². The van der Waals surface area contributed by atoms with Crippen LogP contribution >= 0.6 is 0 Å². The van der Waals surface area contributed by atoms with Gasteiger partial charge < -0.3 is 10.2 Å². The van der Waals surface area contributed by atoms with Crippen LogP contribution in [0.4, 0.5) is 0 Å². The SMILES string of the molecule is CC/C=C\C[C@H](O)/C=C/C=C\C/C=C\C=C\[C@@H](O)C/C=C\CCC. The molecule has 0 heterocycles. The van der Waals surface area contributed by atoms with Crippen LogP contribution in [-0.2, 0) is 0 Å². The van der Waals surface area contributed by atoms with E-state index in [0.717, 1.165) is 25.7 Å². The van der Waals surface area contributed by atoms with Crippen molar-refractivity contribution in [3.63, 3.8) is 0 Å². The van der Waals surface area contributed by atoms with Crippen molar-refractivity contribution in [3.05, 3.63) is 72.9 Å². The van der Waals surface area contributed by atoms with Gasteiger partial charge in [0.25, 0.3) is 0 Å². The third-order valence-electron chi connectivity index (χ3n) is 3.21. The highest BCUT2D eigenvalue weighted by molar-refractivity contribution is 5.10. The summed E-state index contributed by atoms with van der Waals surface area (Å²) in [7, 11) is 0. The van der Waals surface area contributed by atoms with Gasteiger partial charge in [-0.25, -0.2) is 0 Å². The van der Waals surface area contributed by atoms with Crippen LogP contribution in [0.25, 0.3) is 0 Å². The average Bonchev–Trinajstić information content (AvgIpc) is 2.57. The number of aliphatic hydroxyl groups excluding tert-OH is 2. The van der Waals surface area contributed by atoms with Gasteiger partial charge in [-0.2, -0.15) is 0 Å². The minimum Gasteiger partial charge on any atom is -0.389 e. The van der Waals surface area contributed by atoms with Crippen molar-refractivity contribution in [1.82, 2.24) is 0 Å². The van der Waals surface area contributed by atoms with Crippen molar-refractivity contribution in [3.8, 4) is 0 Å². The molecule has 0 aromatic carbocycles. The monoisotopic (exact) mass is 330 g/mol. The highest BCUT2D eigenvalue weighted by Gasteiger charge is 1.93. The minimum atomic E-state index is -0.413. The molecule has 0 aliphatic rings. The second kappa shape index (κ2) is 17.7. The van der Waals surface area contributed by atoms with Crippen LogP contribution in [-0.4, -0.2) is 22.4 Å². The van der Waals surface area contributed by atoms with Gasteiger partial charge in [0.1, 0.15) is 0 Å². The fourth-order valence-corrected chi connectivity index (χ4v) is 1.86. The molecule has 0 aliphatic carbocycles. The van der Waals surface area contributed by atoms with Crippen molar-refractivity contribution in [1.29, 1.82) is 0 Å². The van der Waals surface area contributed by atoms with Crippen molar-refractivity contribution in [2.75, 3.05) is 0 Å². The number of hydrogen-bond acceptors (Lipinski definition) is 2. The Hall–Kier alpha value is -1.64. The zero-order valence-electron chi connectivity index (χ0n) is 15.2. The first-order valence-corrected chi connectivity index (χ1v) is 9.03. The lowest BCUT2D eigenvalue weighted by Crippen LogP contribution is -1.98. The Morgan fingerprint density at radius 2 is 1.21 bits per heavy atom. The molecule has 134 valence electrons. The van der Waals surface area contributed by atoms with E-state index in [2.05, 4.69) is 26.0 Å². The van der Waals surface area contributed by atoms with E-state index in [1.165, 1.54) is 0 Å². The molecule has 2 N–H and O–H groups in total. The number of allylic oxidation sites excluding steroid dienone is 8. The summed E-state index contributed by atoms with van der Waals surface area (Å²) >= 11 is 0. The molecule has 0 unspecified atom stereocenters. The van der Waals surface area contributed by atoms with E-state index in [4.69, 9.17) is 0 Å².